The van der Waals surface area contributed by atoms with Crippen LogP contribution in [0.5, 0.6) is 0 Å². The van der Waals surface area contributed by atoms with Crippen LogP contribution in [0.2, 0.25) is 0 Å². The maximum atomic E-state index is 3.40. The molecule has 1 aromatic carbocycles. The molecule has 1 aromatic rings. The predicted octanol–water partition coefficient (Wildman–Crippen LogP) is 2.54. The third-order valence-corrected chi connectivity index (χ3v) is 2.14. The predicted molar refractivity (Wildman–Crippen MR) is 58.0 cm³/mol. The molecule has 0 aliphatic carbocycles. The molecule has 0 spiro atoms. The average molecular weight is 177 g/mol. The lowest BCUT2D eigenvalue weighted by Crippen LogP contribution is -2.17. The van der Waals surface area contributed by atoms with Crippen molar-refractivity contribution in [2.24, 2.45) is 0 Å². The molecule has 1 nitrogen and oxygen atoms in total. The second-order valence-corrected chi connectivity index (χ2v) is 3.49. The van der Waals surface area contributed by atoms with Gasteiger partial charge in [-0.15, -0.1) is 0 Å². The zero-order valence-corrected chi connectivity index (χ0v) is 8.64. The Bertz CT molecular complexity index is 225. The molecule has 0 aliphatic rings. The molecule has 0 fully saturated rings. The minimum atomic E-state index is 1.09. The summed E-state index contributed by atoms with van der Waals surface area (Å²) in [7, 11) is 0. The molecule has 0 heterocycles. The largest absolute Gasteiger partial charge is 0.316 e. The molecule has 72 valence electrons. The highest BCUT2D eigenvalue weighted by Crippen LogP contribution is 2.02. The molecule has 1 N–H and O–H groups in total. The van der Waals surface area contributed by atoms with Crippen molar-refractivity contribution >= 4 is 0 Å². The van der Waals surface area contributed by atoms with Crippen LogP contribution in [0.3, 0.4) is 0 Å². The van der Waals surface area contributed by atoms with Crippen LogP contribution >= 0.6 is 0 Å². The molecule has 0 bridgehead atoms. The Labute approximate surface area is 81.2 Å². The zero-order chi connectivity index (χ0) is 9.52. The van der Waals surface area contributed by atoms with Gasteiger partial charge in [0.1, 0.15) is 0 Å². The zero-order valence-electron chi connectivity index (χ0n) is 8.64. The number of rotatable bonds is 5. The summed E-state index contributed by atoms with van der Waals surface area (Å²) in [6.45, 7) is 6.54. The second kappa shape index (κ2) is 5.76. The third kappa shape index (κ3) is 4.09. The van der Waals surface area contributed by atoms with Gasteiger partial charge in [0.05, 0.1) is 0 Å². The van der Waals surface area contributed by atoms with Crippen molar-refractivity contribution in [3.05, 3.63) is 35.4 Å². The van der Waals surface area contributed by atoms with Crippen LogP contribution in [0.4, 0.5) is 0 Å². The summed E-state index contributed by atoms with van der Waals surface area (Å²) in [5.74, 6) is 0. The maximum absolute atomic E-state index is 3.40. The molecule has 0 saturated carbocycles. The van der Waals surface area contributed by atoms with E-state index in [0.717, 1.165) is 19.5 Å². The lowest BCUT2D eigenvalue weighted by molar-refractivity contribution is 0.671. The van der Waals surface area contributed by atoms with Crippen LogP contribution in [0.1, 0.15) is 24.5 Å². The molecule has 0 aromatic heterocycles. The van der Waals surface area contributed by atoms with Crippen LogP contribution < -0.4 is 5.32 Å². The molecule has 13 heavy (non-hydrogen) atoms. The first-order chi connectivity index (χ1) is 6.33. The normalized spacial score (nSPS) is 10.3. The Balaban J connectivity index is 2.25. The summed E-state index contributed by atoms with van der Waals surface area (Å²) in [5.41, 5.74) is 2.76. The number of nitrogens with one attached hydrogen (secondary N) is 1. The highest BCUT2D eigenvalue weighted by atomic mass is 14.8. The van der Waals surface area contributed by atoms with Gasteiger partial charge in [-0.05, 0) is 38.4 Å². The fourth-order valence-corrected chi connectivity index (χ4v) is 1.29. The van der Waals surface area contributed by atoms with Gasteiger partial charge in [0.2, 0.25) is 0 Å². The van der Waals surface area contributed by atoms with Crippen molar-refractivity contribution < 1.29 is 0 Å². The van der Waals surface area contributed by atoms with E-state index in [2.05, 4.69) is 43.4 Å². The first-order valence-corrected chi connectivity index (χ1v) is 5.09. The summed E-state index contributed by atoms with van der Waals surface area (Å²) < 4.78 is 0. The molecule has 0 unspecified atom stereocenters. The molecule has 0 atom stereocenters. The van der Waals surface area contributed by atoms with Crippen LogP contribution in [0.15, 0.2) is 24.3 Å². The van der Waals surface area contributed by atoms with Crippen LogP contribution in [-0.2, 0) is 6.42 Å². The van der Waals surface area contributed by atoms with Gasteiger partial charge < -0.3 is 5.32 Å². The highest BCUT2D eigenvalue weighted by molar-refractivity contribution is 5.21. The fourth-order valence-electron chi connectivity index (χ4n) is 1.29. The Hall–Kier alpha value is -0.820. The molecular weight excluding hydrogens is 158 g/mol. The van der Waals surface area contributed by atoms with Crippen LogP contribution in [-0.4, -0.2) is 13.1 Å². The smallest absolute Gasteiger partial charge is 0.000835 e. The van der Waals surface area contributed by atoms with E-state index in [1.54, 1.807) is 0 Å². The van der Waals surface area contributed by atoms with Gasteiger partial charge in [-0.25, -0.2) is 0 Å². The second-order valence-electron chi connectivity index (χ2n) is 3.49. The van der Waals surface area contributed by atoms with Gasteiger partial charge in [0.15, 0.2) is 0 Å². The van der Waals surface area contributed by atoms with Gasteiger partial charge in [0.25, 0.3) is 0 Å². The molecule has 1 rings (SSSR count). The van der Waals surface area contributed by atoms with Crippen molar-refractivity contribution in [2.75, 3.05) is 13.1 Å². The number of hydrogen-bond acceptors (Lipinski definition) is 1. The quantitative estimate of drug-likeness (QED) is 0.681. The summed E-state index contributed by atoms with van der Waals surface area (Å²) in [5, 5.41) is 3.40. The average Bonchev–Trinajstić information content (AvgIpc) is 2.15. The Morgan fingerprint density at radius 3 is 2.38 bits per heavy atom. The minimum absolute atomic E-state index is 1.09. The molecule has 0 aliphatic heterocycles. The minimum Gasteiger partial charge on any atom is -0.316 e. The van der Waals surface area contributed by atoms with Gasteiger partial charge >= 0.3 is 0 Å². The van der Waals surface area contributed by atoms with Crippen molar-refractivity contribution in [3.63, 3.8) is 0 Å². The first kappa shape index (κ1) is 10.3. The lowest BCUT2D eigenvalue weighted by atomic mass is 10.1. The van der Waals surface area contributed by atoms with Crippen molar-refractivity contribution in [1.29, 1.82) is 0 Å². The molecule has 0 saturated heterocycles. The van der Waals surface area contributed by atoms with E-state index < -0.39 is 0 Å². The molecule has 1 heteroatoms. The highest BCUT2D eigenvalue weighted by Gasteiger charge is 1.91. The van der Waals surface area contributed by atoms with E-state index in [0.29, 0.717) is 0 Å². The summed E-state index contributed by atoms with van der Waals surface area (Å²) in [6.07, 6.45) is 2.36. The number of benzene rings is 1. The van der Waals surface area contributed by atoms with Gasteiger partial charge in [-0.3, -0.25) is 0 Å². The summed E-state index contributed by atoms with van der Waals surface area (Å²) in [6, 6.07) is 8.77. The monoisotopic (exact) mass is 177 g/mol. The van der Waals surface area contributed by atoms with Crippen molar-refractivity contribution in [2.45, 2.75) is 26.7 Å². The Morgan fingerprint density at radius 2 is 1.77 bits per heavy atom. The van der Waals surface area contributed by atoms with Gasteiger partial charge in [0, 0.05) is 0 Å². The van der Waals surface area contributed by atoms with Crippen LogP contribution in [0.25, 0.3) is 0 Å². The van der Waals surface area contributed by atoms with E-state index in [1.165, 1.54) is 17.5 Å². The number of hydrogen-bond donors (Lipinski definition) is 1. The van der Waals surface area contributed by atoms with E-state index in [4.69, 9.17) is 0 Å². The van der Waals surface area contributed by atoms with E-state index in [1.807, 2.05) is 0 Å². The van der Waals surface area contributed by atoms with E-state index in [9.17, 15) is 0 Å². The van der Waals surface area contributed by atoms with Crippen LogP contribution in [0, 0.1) is 6.92 Å². The first-order valence-electron chi connectivity index (χ1n) is 5.09. The maximum Gasteiger partial charge on any atom is -0.000835 e. The fraction of sp³-hybridized carbons (Fsp3) is 0.500. The lowest BCUT2D eigenvalue weighted by Gasteiger charge is -2.03. The van der Waals surface area contributed by atoms with E-state index >= 15 is 0 Å². The topological polar surface area (TPSA) is 12.0 Å². The molecule has 0 amide bonds. The SMILES string of the molecule is CCCNCCc1ccc(C)cc1. The molecule has 0 radical (unpaired) electrons. The Kier molecular flexibility index (Phi) is 4.55. The Morgan fingerprint density at radius 1 is 1.08 bits per heavy atom. The van der Waals surface area contributed by atoms with E-state index in [-0.39, 0.29) is 0 Å². The van der Waals surface area contributed by atoms with Crippen molar-refractivity contribution in [3.8, 4) is 0 Å². The van der Waals surface area contributed by atoms with Gasteiger partial charge in [-0.2, -0.15) is 0 Å². The molecular formula is C12H19N. The van der Waals surface area contributed by atoms with Crippen molar-refractivity contribution in [1.82, 2.24) is 5.32 Å². The summed E-state index contributed by atoms with van der Waals surface area (Å²) >= 11 is 0. The summed E-state index contributed by atoms with van der Waals surface area (Å²) in [4.78, 5) is 0. The third-order valence-electron chi connectivity index (χ3n) is 2.14. The number of aryl methyl sites for hydroxylation is 1. The van der Waals surface area contributed by atoms with Gasteiger partial charge in [-0.1, -0.05) is 36.8 Å². The standard InChI is InChI=1S/C12H19N/c1-3-9-13-10-8-12-6-4-11(2)5-7-12/h4-7,13H,3,8-10H2,1-2H3.